The fourth-order valence-electron chi connectivity index (χ4n) is 1.96. The molecule has 0 aromatic heterocycles. The highest BCUT2D eigenvalue weighted by molar-refractivity contribution is 6.29. The van der Waals surface area contributed by atoms with Crippen molar-refractivity contribution in [2.24, 2.45) is 10.3 Å². The standard InChI is InChI=1S/C16H23N3O5/c1-12(18-23-5)10-17-24-13(2)14-8-6-7-9-15(14)19(11-21-3)16(20)22-4/h6-10,13H,11H2,1-5H3/b17-10-,18-12-. The Hall–Kier alpha value is -2.61. The molecule has 1 aromatic rings. The van der Waals surface area contributed by atoms with E-state index in [0.29, 0.717) is 11.4 Å². The van der Waals surface area contributed by atoms with Crippen LogP contribution >= 0.6 is 0 Å². The van der Waals surface area contributed by atoms with Crippen LogP contribution in [0.1, 0.15) is 25.5 Å². The van der Waals surface area contributed by atoms with Crippen molar-refractivity contribution in [3.05, 3.63) is 29.8 Å². The Balaban J connectivity index is 2.99. The van der Waals surface area contributed by atoms with E-state index in [-0.39, 0.29) is 6.73 Å². The van der Waals surface area contributed by atoms with Crippen molar-refractivity contribution in [1.29, 1.82) is 0 Å². The number of hydrogen-bond acceptors (Lipinski definition) is 7. The number of ether oxygens (including phenoxy) is 2. The van der Waals surface area contributed by atoms with Crippen molar-refractivity contribution in [2.45, 2.75) is 20.0 Å². The number of anilines is 1. The molecule has 0 saturated carbocycles. The van der Waals surface area contributed by atoms with E-state index in [2.05, 4.69) is 15.1 Å². The van der Waals surface area contributed by atoms with Gasteiger partial charge in [0.15, 0.2) is 6.10 Å². The van der Waals surface area contributed by atoms with Gasteiger partial charge in [-0.3, -0.25) is 4.90 Å². The van der Waals surface area contributed by atoms with Crippen LogP contribution in [0.4, 0.5) is 10.5 Å². The highest BCUT2D eigenvalue weighted by Gasteiger charge is 2.22. The van der Waals surface area contributed by atoms with Crippen molar-refractivity contribution < 1.29 is 23.9 Å². The van der Waals surface area contributed by atoms with E-state index in [1.165, 1.54) is 32.4 Å². The Morgan fingerprint density at radius 2 is 2.00 bits per heavy atom. The Labute approximate surface area is 141 Å². The number of hydrogen-bond donors (Lipinski definition) is 0. The number of amides is 1. The first kappa shape index (κ1) is 19.4. The van der Waals surface area contributed by atoms with E-state index < -0.39 is 12.2 Å². The van der Waals surface area contributed by atoms with Gasteiger partial charge in [0.05, 0.1) is 24.7 Å². The molecule has 0 aliphatic heterocycles. The third kappa shape index (κ3) is 5.54. The van der Waals surface area contributed by atoms with Crippen LogP contribution in [-0.2, 0) is 19.1 Å². The van der Waals surface area contributed by atoms with Crippen molar-refractivity contribution in [1.82, 2.24) is 0 Å². The van der Waals surface area contributed by atoms with Gasteiger partial charge >= 0.3 is 6.09 Å². The summed E-state index contributed by atoms with van der Waals surface area (Å²) >= 11 is 0. The second-order valence-electron chi connectivity index (χ2n) is 4.77. The minimum Gasteiger partial charge on any atom is -0.452 e. The van der Waals surface area contributed by atoms with Crippen LogP contribution in [0.25, 0.3) is 0 Å². The lowest BCUT2D eigenvalue weighted by atomic mass is 10.1. The average Bonchev–Trinajstić information content (AvgIpc) is 2.59. The summed E-state index contributed by atoms with van der Waals surface area (Å²) in [6.07, 6.45) is 0.510. The zero-order valence-electron chi connectivity index (χ0n) is 14.6. The molecule has 1 aromatic carbocycles. The number of methoxy groups -OCH3 is 2. The second kappa shape index (κ2) is 10.2. The summed E-state index contributed by atoms with van der Waals surface area (Å²) in [5, 5.41) is 7.58. The Bertz CT molecular complexity index is 589. The molecule has 8 nitrogen and oxygen atoms in total. The summed E-state index contributed by atoms with van der Waals surface area (Å²) in [6, 6.07) is 7.29. The molecule has 0 aliphatic carbocycles. The Morgan fingerprint density at radius 1 is 1.29 bits per heavy atom. The fraction of sp³-hybridized carbons (Fsp3) is 0.438. The zero-order valence-corrected chi connectivity index (χ0v) is 14.6. The number of carbonyl (C=O) groups excluding carboxylic acids is 1. The van der Waals surface area contributed by atoms with E-state index in [1.54, 1.807) is 13.0 Å². The molecule has 0 spiro atoms. The third-order valence-electron chi connectivity index (χ3n) is 3.01. The van der Waals surface area contributed by atoms with Gasteiger partial charge in [-0.15, -0.1) is 0 Å². The molecule has 132 valence electrons. The van der Waals surface area contributed by atoms with E-state index in [9.17, 15) is 4.79 Å². The lowest BCUT2D eigenvalue weighted by molar-refractivity contribution is 0.0738. The van der Waals surface area contributed by atoms with Crippen LogP contribution in [0.15, 0.2) is 34.6 Å². The van der Waals surface area contributed by atoms with Gasteiger partial charge in [-0.05, 0) is 19.9 Å². The molecular formula is C16H23N3O5. The third-order valence-corrected chi connectivity index (χ3v) is 3.01. The molecule has 0 N–H and O–H groups in total. The van der Waals surface area contributed by atoms with Crippen LogP contribution < -0.4 is 4.90 Å². The van der Waals surface area contributed by atoms with Crippen molar-refractivity contribution >= 4 is 23.7 Å². The largest absolute Gasteiger partial charge is 0.452 e. The van der Waals surface area contributed by atoms with Gasteiger partial charge in [-0.25, -0.2) is 4.79 Å². The summed E-state index contributed by atoms with van der Waals surface area (Å²) in [5.74, 6) is 0. The quantitative estimate of drug-likeness (QED) is 0.414. The van der Waals surface area contributed by atoms with Gasteiger partial charge in [0.1, 0.15) is 13.8 Å². The monoisotopic (exact) mass is 337 g/mol. The maximum Gasteiger partial charge on any atom is 0.415 e. The van der Waals surface area contributed by atoms with E-state index >= 15 is 0 Å². The summed E-state index contributed by atoms with van der Waals surface area (Å²) in [6.45, 7) is 3.60. The fourth-order valence-corrected chi connectivity index (χ4v) is 1.96. The van der Waals surface area contributed by atoms with Crippen LogP contribution in [0.3, 0.4) is 0 Å². The number of benzene rings is 1. The minimum atomic E-state index is -0.525. The molecule has 0 fully saturated rings. The maximum atomic E-state index is 12.0. The number of oxime groups is 2. The van der Waals surface area contributed by atoms with Gasteiger partial charge in [0.25, 0.3) is 0 Å². The highest BCUT2D eigenvalue weighted by Crippen LogP contribution is 2.29. The summed E-state index contributed by atoms with van der Waals surface area (Å²) in [5.41, 5.74) is 1.95. The van der Waals surface area contributed by atoms with Crippen LogP contribution in [0, 0.1) is 0 Å². The van der Waals surface area contributed by atoms with Gasteiger partial charge in [-0.1, -0.05) is 28.5 Å². The van der Waals surface area contributed by atoms with Gasteiger partial charge in [0, 0.05) is 12.7 Å². The van der Waals surface area contributed by atoms with E-state index in [1.807, 2.05) is 25.1 Å². The predicted octanol–water partition coefficient (Wildman–Crippen LogP) is 2.95. The number of para-hydroxylation sites is 1. The molecule has 8 heteroatoms. The second-order valence-corrected chi connectivity index (χ2v) is 4.77. The normalized spacial score (nSPS) is 12.8. The molecule has 0 heterocycles. The zero-order chi connectivity index (χ0) is 17.9. The molecule has 1 rings (SSSR count). The topological polar surface area (TPSA) is 82.0 Å². The predicted molar refractivity (Wildman–Crippen MR) is 91.3 cm³/mol. The first-order valence-corrected chi connectivity index (χ1v) is 7.25. The molecule has 1 atom stereocenters. The first-order valence-electron chi connectivity index (χ1n) is 7.25. The van der Waals surface area contributed by atoms with Crippen molar-refractivity contribution in [3.8, 4) is 0 Å². The Morgan fingerprint density at radius 3 is 2.62 bits per heavy atom. The summed E-state index contributed by atoms with van der Waals surface area (Å²) in [4.78, 5) is 23.4. The summed E-state index contributed by atoms with van der Waals surface area (Å²) in [7, 11) is 4.27. The highest BCUT2D eigenvalue weighted by atomic mass is 16.6. The first-order chi connectivity index (χ1) is 11.5. The molecule has 24 heavy (non-hydrogen) atoms. The summed E-state index contributed by atoms with van der Waals surface area (Å²) < 4.78 is 9.88. The molecule has 1 amide bonds. The molecule has 0 radical (unpaired) electrons. The molecular weight excluding hydrogens is 314 g/mol. The van der Waals surface area contributed by atoms with E-state index in [0.717, 1.165) is 5.56 Å². The van der Waals surface area contributed by atoms with Crippen molar-refractivity contribution in [2.75, 3.05) is 33.0 Å². The van der Waals surface area contributed by atoms with Gasteiger partial charge < -0.3 is 19.1 Å². The van der Waals surface area contributed by atoms with E-state index in [4.69, 9.17) is 14.3 Å². The van der Waals surface area contributed by atoms with Crippen LogP contribution in [-0.4, -0.2) is 46.1 Å². The number of rotatable bonds is 8. The molecule has 0 aliphatic rings. The smallest absolute Gasteiger partial charge is 0.415 e. The van der Waals surface area contributed by atoms with Crippen molar-refractivity contribution in [3.63, 3.8) is 0 Å². The van der Waals surface area contributed by atoms with Gasteiger partial charge in [-0.2, -0.15) is 0 Å². The van der Waals surface area contributed by atoms with Crippen LogP contribution in [0.2, 0.25) is 0 Å². The number of carbonyl (C=O) groups is 1. The number of nitrogens with zero attached hydrogens (tertiary/aromatic N) is 3. The minimum absolute atomic E-state index is 0.0548. The van der Waals surface area contributed by atoms with Crippen LogP contribution in [0.5, 0.6) is 0 Å². The maximum absolute atomic E-state index is 12.0. The lowest BCUT2D eigenvalue weighted by Crippen LogP contribution is -2.33. The molecule has 0 saturated heterocycles. The van der Waals surface area contributed by atoms with Gasteiger partial charge in [0.2, 0.25) is 0 Å². The average molecular weight is 337 g/mol. The Kier molecular flexibility index (Phi) is 8.28. The lowest BCUT2D eigenvalue weighted by Gasteiger charge is -2.24. The SMILES string of the molecule is COCN(C(=O)OC)c1ccccc1C(C)O/N=C\C(C)=N/OC. The molecule has 0 bridgehead atoms. The molecule has 1 unspecified atom stereocenters.